The molecule has 1 aliphatic rings. The van der Waals surface area contributed by atoms with Gasteiger partial charge in [0, 0.05) is 5.69 Å². The van der Waals surface area contributed by atoms with Crippen molar-refractivity contribution in [3.8, 4) is 0 Å². The van der Waals surface area contributed by atoms with E-state index in [1.807, 2.05) is 36.4 Å². The van der Waals surface area contributed by atoms with Crippen LogP contribution in [-0.2, 0) is 11.2 Å². The van der Waals surface area contributed by atoms with E-state index < -0.39 is 0 Å². The average molecular weight is 397 g/mol. The molecule has 0 bridgehead atoms. The van der Waals surface area contributed by atoms with Gasteiger partial charge in [-0.3, -0.25) is 4.79 Å². The standard InChI is InChI=1S/C20H20N4OS2/c25-18(22-17-12-6-8-14-7-4-5-11-16(14)17)13-26-20-24-23-19(27-20)21-15-9-2-1-3-10-15/h1-5,7,9-11,17H,6,8,12-13H2,(H,21,23)(H,22,25). The molecule has 2 aromatic carbocycles. The molecule has 0 spiro atoms. The Labute approximate surface area is 166 Å². The van der Waals surface area contributed by atoms with Crippen molar-refractivity contribution in [2.75, 3.05) is 11.1 Å². The maximum absolute atomic E-state index is 12.4. The number of thioether (sulfide) groups is 1. The van der Waals surface area contributed by atoms with E-state index in [2.05, 4.69) is 39.0 Å². The molecule has 27 heavy (non-hydrogen) atoms. The number of aromatic nitrogens is 2. The molecule has 1 aromatic heterocycles. The Balaban J connectivity index is 1.30. The molecule has 1 aliphatic carbocycles. The number of hydrogen-bond acceptors (Lipinski definition) is 6. The van der Waals surface area contributed by atoms with Gasteiger partial charge < -0.3 is 10.6 Å². The molecule has 0 aliphatic heterocycles. The maximum atomic E-state index is 12.4. The molecule has 0 fully saturated rings. The molecule has 1 atom stereocenters. The van der Waals surface area contributed by atoms with Crippen molar-refractivity contribution in [1.29, 1.82) is 0 Å². The second kappa shape index (κ2) is 8.54. The lowest BCUT2D eigenvalue weighted by Gasteiger charge is -2.26. The quantitative estimate of drug-likeness (QED) is 0.598. The van der Waals surface area contributed by atoms with Crippen LogP contribution in [0, 0.1) is 0 Å². The summed E-state index contributed by atoms with van der Waals surface area (Å²) in [5, 5.41) is 15.4. The summed E-state index contributed by atoms with van der Waals surface area (Å²) >= 11 is 2.88. The molecule has 0 radical (unpaired) electrons. The van der Waals surface area contributed by atoms with E-state index in [1.165, 1.54) is 34.2 Å². The molecule has 4 rings (SSSR count). The highest BCUT2D eigenvalue weighted by Crippen LogP contribution is 2.30. The van der Waals surface area contributed by atoms with Gasteiger partial charge in [-0.05, 0) is 42.5 Å². The van der Waals surface area contributed by atoms with Crippen LogP contribution in [0.2, 0.25) is 0 Å². The summed E-state index contributed by atoms with van der Waals surface area (Å²) in [6, 6.07) is 18.4. The van der Waals surface area contributed by atoms with Gasteiger partial charge in [-0.1, -0.05) is 65.6 Å². The predicted octanol–water partition coefficient (Wildman–Crippen LogP) is 4.57. The Hall–Kier alpha value is -2.38. The van der Waals surface area contributed by atoms with E-state index in [-0.39, 0.29) is 11.9 Å². The predicted molar refractivity (Wildman–Crippen MR) is 111 cm³/mol. The van der Waals surface area contributed by atoms with Gasteiger partial charge in [-0.2, -0.15) is 0 Å². The first-order valence-electron chi connectivity index (χ1n) is 8.93. The molecule has 1 amide bonds. The summed E-state index contributed by atoms with van der Waals surface area (Å²) in [5.41, 5.74) is 3.58. The lowest BCUT2D eigenvalue weighted by atomic mass is 9.88. The van der Waals surface area contributed by atoms with Gasteiger partial charge in [0.25, 0.3) is 0 Å². The number of nitrogens with zero attached hydrogens (tertiary/aromatic N) is 2. The van der Waals surface area contributed by atoms with Crippen LogP contribution in [0.15, 0.2) is 58.9 Å². The topological polar surface area (TPSA) is 66.9 Å². The van der Waals surface area contributed by atoms with Crippen molar-refractivity contribution in [3.05, 3.63) is 65.7 Å². The molecule has 0 saturated carbocycles. The summed E-state index contributed by atoms with van der Waals surface area (Å²) in [7, 11) is 0. The average Bonchev–Trinajstić information content (AvgIpc) is 3.15. The van der Waals surface area contributed by atoms with Crippen LogP contribution in [0.1, 0.15) is 30.0 Å². The number of rotatable bonds is 6. The molecule has 2 N–H and O–H groups in total. The fraction of sp³-hybridized carbons (Fsp3) is 0.250. The zero-order valence-electron chi connectivity index (χ0n) is 14.7. The normalized spacial score (nSPS) is 15.8. The van der Waals surface area contributed by atoms with E-state index >= 15 is 0 Å². The second-order valence-corrected chi connectivity index (χ2v) is 8.56. The van der Waals surface area contributed by atoms with Crippen LogP contribution < -0.4 is 10.6 Å². The van der Waals surface area contributed by atoms with E-state index in [0.29, 0.717) is 5.75 Å². The van der Waals surface area contributed by atoms with Crippen LogP contribution in [0.4, 0.5) is 10.8 Å². The van der Waals surface area contributed by atoms with Crippen molar-refractivity contribution in [3.63, 3.8) is 0 Å². The maximum Gasteiger partial charge on any atom is 0.230 e. The summed E-state index contributed by atoms with van der Waals surface area (Å²) < 4.78 is 0.785. The number of hydrogen-bond donors (Lipinski definition) is 2. The molecule has 1 unspecified atom stereocenters. The number of benzene rings is 2. The monoisotopic (exact) mass is 396 g/mol. The summed E-state index contributed by atoms with van der Waals surface area (Å²) in [4.78, 5) is 12.4. The smallest absolute Gasteiger partial charge is 0.230 e. The van der Waals surface area contributed by atoms with Gasteiger partial charge >= 0.3 is 0 Å². The van der Waals surface area contributed by atoms with Crippen molar-refractivity contribution < 1.29 is 4.79 Å². The van der Waals surface area contributed by atoms with Gasteiger partial charge in [0.2, 0.25) is 11.0 Å². The fourth-order valence-corrected chi connectivity index (χ4v) is 4.81. The minimum Gasteiger partial charge on any atom is -0.349 e. The molecule has 7 heteroatoms. The summed E-state index contributed by atoms with van der Waals surface area (Å²) in [6.07, 6.45) is 3.21. The zero-order valence-corrected chi connectivity index (χ0v) is 16.4. The Bertz CT molecular complexity index is 913. The SMILES string of the molecule is O=C(CSc1nnc(Nc2ccccc2)s1)NC1CCCc2ccccc21. The molecule has 138 valence electrons. The van der Waals surface area contributed by atoms with E-state index in [1.54, 1.807) is 0 Å². The van der Waals surface area contributed by atoms with Gasteiger partial charge in [0.05, 0.1) is 11.8 Å². The van der Waals surface area contributed by atoms with Crippen molar-refractivity contribution in [2.24, 2.45) is 0 Å². The Morgan fingerprint density at radius 3 is 2.81 bits per heavy atom. The number of fused-ring (bicyclic) bond motifs is 1. The van der Waals surface area contributed by atoms with Crippen molar-refractivity contribution in [2.45, 2.75) is 29.6 Å². The van der Waals surface area contributed by atoms with Crippen LogP contribution in [0.25, 0.3) is 0 Å². The minimum atomic E-state index is 0.0365. The summed E-state index contributed by atoms with van der Waals surface area (Å²) in [5.74, 6) is 0.382. The number of para-hydroxylation sites is 1. The highest BCUT2D eigenvalue weighted by Gasteiger charge is 2.21. The molecule has 5 nitrogen and oxygen atoms in total. The lowest BCUT2D eigenvalue weighted by Crippen LogP contribution is -2.32. The van der Waals surface area contributed by atoms with E-state index in [4.69, 9.17) is 0 Å². The number of amides is 1. The molecular weight excluding hydrogens is 376 g/mol. The Morgan fingerprint density at radius 1 is 1.11 bits per heavy atom. The van der Waals surface area contributed by atoms with Gasteiger partial charge in [-0.15, -0.1) is 10.2 Å². The number of nitrogens with one attached hydrogen (secondary N) is 2. The molecular formula is C20H20N4OS2. The largest absolute Gasteiger partial charge is 0.349 e. The lowest BCUT2D eigenvalue weighted by molar-refractivity contribution is -0.119. The van der Waals surface area contributed by atoms with Gasteiger partial charge in [0.1, 0.15) is 0 Å². The van der Waals surface area contributed by atoms with E-state index in [0.717, 1.165) is 34.4 Å². The van der Waals surface area contributed by atoms with E-state index in [9.17, 15) is 4.79 Å². The van der Waals surface area contributed by atoms with Crippen LogP contribution in [0.3, 0.4) is 0 Å². The third-order valence-electron chi connectivity index (χ3n) is 4.46. The first-order valence-corrected chi connectivity index (χ1v) is 10.7. The van der Waals surface area contributed by atoms with Gasteiger partial charge in [-0.25, -0.2) is 0 Å². The number of carbonyl (C=O) groups is 1. The first-order chi connectivity index (χ1) is 13.3. The number of anilines is 2. The van der Waals surface area contributed by atoms with Crippen LogP contribution in [-0.4, -0.2) is 21.9 Å². The number of carbonyl (C=O) groups excluding carboxylic acids is 1. The molecule has 1 heterocycles. The number of aryl methyl sites for hydroxylation is 1. The Kier molecular flexibility index (Phi) is 5.69. The summed E-state index contributed by atoms with van der Waals surface area (Å²) in [6.45, 7) is 0. The highest BCUT2D eigenvalue weighted by molar-refractivity contribution is 8.01. The first kappa shape index (κ1) is 18.0. The van der Waals surface area contributed by atoms with Crippen LogP contribution in [0.5, 0.6) is 0 Å². The van der Waals surface area contributed by atoms with Crippen molar-refractivity contribution in [1.82, 2.24) is 15.5 Å². The van der Waals surface area contributed by atoms with Crippen LogP contribution >= 0.6 is 23.1 Å². The fourth-order valence-electron chi connectivity index (χ4n) is 3.23. The van der Waals surface area contributed by atoms with Crippen molar-refractivity contribution >= 4 is 39.8 Å². The second-order valence-electron chi connectivity index (χ2n) is 6.36. The molecule has 3 aromatic rings. The van der Waals surface area contributed by atoms with Gasteiger partial charge in [0.15, 0.2) is 4.34 Å². The molecule has 0 saturated heterocycles. The minimum absolute atomic E-state index is 0.0365. The highest BCUT2D eigenvalue weighted by atomic mass is 32.2. The third-order valence-corrected chi connectivity index (χ3v) is 6.43. The zero-order chi connectivity index (χ0) is 18.5. The Morgan fingerprint density at radius 2 is 1.93 bits per heavy atom. The third kappa shape index (κ3) is 4.67.